The number of H-pyrrole nitrogens is 2. The van der Waals surface area contributed by atoms with Crippen LogP contribution in [0.2, 0.25) is 0 Å². The third kappa shape index (κ3) is 1.50. The summed E-state index contributed by atoms with van der Waals surface area (Å²) in [5.41, 5.74) is 0. The van der Waals surface area contributed by atoms with Gasteiger partial charge in [0.1, 0.15) is 5.82 Å². The van der Waals surface area contributed by atoms with Gasteiger partial charge in [-0.25, -0.2) is 4.98 Å². The van der Waals surface area contributed by atoms with Gasteiger partial charge in [0, 0.05) is 24.8 Å². The molecule has 1 atom stereocenters. The van der Waals surface area contributed by atoms with Crippen LogP contribution in [-0.2, 0) is 0 Å². The van der Waals surface area contributed by atoms with Gasteiger partial charge in [-0.15, -0.1) is 0 Å². The fourth-order valence-corrected chi connectivity index (χ4v) is 1.81. The minimum Gasteiger partial charge on any atom is -0.347 e. The molecule has 0 saturated carbocycles. The number of hydrogen-bond donors (Lipinski definition) is 2. The molecule has 1 unspecified atom stereocenters. The van der Waals surface area contributed by atoms with Gasteiger partial charge in [0.15, 0.2) is 4.77 Å². The van der Waals surface area contributed by atoms with Crippen molar-refractivity contribution < 1.29 is 0 Å². The monoisotopic (exact) mass is 208 g/mol. The number of imidazole rings is 2. The zero-order valence-corrected chi connectivity index (χ0v) is 8.71. The molecule has 0 radical (unpaired) electrons. The lowest BCUT2D eigenvalue weighted by Gasteiger charge is -2.13. The van der Waals surface area contributed by atoms with Crippen molar-refractivity contribution in [1.82, 2.24) is 19.5 Å². The van der Waals surface area contributed by atoms with Crippen LogP contribution in [0, 0.1) is 4.77 Å². The van der Waals surface area contributed by atoms with E-state index in [2.05, 4.69) is 21.9 Å². The van der Waals surface area contributed by atoms with Crippen LogP contribution in [0.3, 0.4) is 0 Å². The Hall–Kier alpha value is -1.36. The highest BCUT2D eigenvalue weighted by atomic mass is 32.1. The highest BCUT2D eigenvalue weighted by Gasteiger charge is 2.13. The van der Waals surface area contributed by atoms with Crippen molar-refractivity contribution in [2.24, 2.45) is 0 Å². The van der Waals surface area contributed by atoms with Crippen LogP contribution in [0.1, 0.15) is 25.2 Å². The molecule has 0 fully saturated rings. The molecule has 0 bridgehead atoms. The first-order chi connectivity index (χ1) is 6.83. The SMILES string of the molecule is CCC(c1ncc[nH]1)n1cc[nH]c1=S. The van der Waals surface area contributed by atoms with E-state index in [-0.39, 0.29) is 6.04 Å². The van der Waals surface area contributed by atoms with Gasteiger partial charge in [-0.1, -0.05) is 6.92 Å². The minimum atomic E-state index is 0.198. The summed E-state index contributed by atoms with van der Waals surface area (Å²) in [6.45, 7) is 2.11. The largest absolute Gasteiger partial charge is 0.347 e. The molecule has 0 aliphatic heterocycles. The van der Waals surface area contributed by atoms with Crippen LogP contribution in [0.25, 0.3) is 0 Å². The van der Waals surface area contributed by atoms with E-state index < -0.39 is 0 Å². The summed E-state index contributed by atoms with van der Waals surface area (Å²) in [5.74, 6) is 0.947. The molecule has 0 amide bonds. The number of nitrogens with one attached hydrogen (secondary N) is 2. The quantitative estimate of drug-likeness (QED) is 0.760. The van der Waals surface area contributed by atoms with Crippen molar-refractivity contribution in [3.63, 3.8) is 0 Å². The van der Waals surface area contributed by atoms with Crippen LogP contribution in [0.4, 0.5) is 0 Å². The lowest BCUT2D eigenvalue weighted by Crippen LogP contribution is -2.10. The molecule has 0 aromatic carbocycles. The first-order valence-electron chi connectivity index (χ1n) is 4.57. The van der Waals surface area contributed by atoms with Gasteiger partial charge in [0.2, 0.25) is 0 Å². The molecule has 2 heterocycles. The fraction of sp³-hybridized carbons (Fsp3) is 0.333. The number of nitrogens with zero attached hydrogens (tertiary/aromatic N) is 2. The third-order valence-electron chi connectivity index (χ3n) is 2.23. The molecule has 74 valence electrons. The average molecular weight is 208 g/mol. The number of hydrogen-bond acceptors (Lipinski definition) is 2. The molecule has 0 aliphatic rings. The maximum absolute atomic E-state index is 5.17. The molecule has 0 saturated heterocycles. The Kier molecular flexibility index (Phi) is 2.49. The van der Waals surface area contributed by atoms with Gasteiger partial charge < -0.3 is 14.5 Å². The van der Waals surface area contributed by atoms with Crippen LogP contribution >= 0.6 is 12.2 Å². The van der Waals surface area contributed by atoms with E-state index in [9.17, 15) is 0 Å². The molecule has 5 heteroatoms. The third-order valence-corrected chi connectivity index (χ3v) is 2.56. The zero-order valence-electron chi connectivity index (χ0n) is 7.90. The van der Waals surface area contributed by atoms with Crippen molar-refractivity contribution >= 4 is 12.2 Å². The average Bonchev–Trinajstić information content (AvgIpc) is 2.80. The maximum Gasteiger partial charge on any atom is 0.177 e. The minimum absolute atomic E-state index is 0.198. The number of aromatic nitrogens is 4. The van der Waals surface area contributed by atoms with Crippen molar-refractivity contribution in [2.45, 2.75) is 19.4 Å². The molecule has 2 aromatic heterocycles. The lowest BCUT2D eigenvalue weighted by molar-refractivity contribution is 0.534. The van der Waals surface area contributed by atoms with Crippen molar-refractivity contribution in [3.8, 4) is 0 Å². The van der Waals surface area contributed by atoms with Gasteiger partial charge >= 0.3 is 0 Å². The van der Waals surface area contributed by atoms with Gasteiger partial charge in [0.05, 0.1) is 6.04 Å². The van der Waals surface area contributed by atoms with Gasteiger partial charge in [-0.3, -0.25) is 0 Å². The zero-order chi connectivity index (χ0) is 9.97. The normalized spacial score (nSPS) is 12.9. The van der Waals surface area contributed by atoms with E-state index in [0.717, 1.165) is 17.0 Å². The molecule has 2 rings (SSSR count). The lowest BCUT2D eigenvalue weighted by atomic mass is 10.2. The van der Waals surface area contributed by atoms with Gasteiger partial charge in [0.25, 0.3) is 0 Å². The Bertz CT molecular complexity index is 439. The van der Waals surface area contributed by atoms with Crippen LogP contribution < -0.4 is 0 Å². The number of aromatic amines is 2. The van der Waals surface area contributed by atoms with Crippen LogP contribution in [0.5, 0.6) is 0 Å². The van der Waals surface area contributed by atoms with E-state index >= 15 is 0 Å². The van der Waals surface area contributed by atoms with E-state index in [1.54, 1.807) is 6.20 Å². The summed E-state index contributed by atoms with van der Waals surface area (Å²) in [6.07, 6.45) is 8.33. The second-order valence-electron chi connectivity index (χ2n) is 3.07. The second kappa shape index (κ2) is 3.79. The van der Waals surface area contributed by atoms with Crippen molar-refractivity contribution in [2.75, 3.05) is 0 Å². The number of rotatable bonds is 3. The Morgan fingerprint density at radius 3 is 2.86 bits per heavy atom. The Morgan fingerprint density at radius 1 is 1.50 bits per heavy atom. The van der Waals surface area contributed by atoms with Crippen molar-refractivity contribution in [1.29, 1.82) is 0 Å². The molecule has 14 heavy (non-hydrogen) atoms. The summed E-state index contributed by atoms with van der Waals surface area (Å²) in [7, 11) is 0. The van der Waals surface area contributed by atoms with Gasteiger partial charge in [-0.2, -0.15) is 0 Å². The molecule has 4 nitrogen and oxygen atoms in total. The summed E-state index contributed by atoms with van der Waals surface area (Å²) in [4.78, 5) is 10.3. The smallest absolute Gasteiger partial charge is 0.177 e. The predicted molar refractivity (Wildman–Crippen MR) is 56.6 cm³/mol. The van der Waals surface area contributed by atoms with Crippen LogP contribution in [0.15, 0.2) is 24.8 Å². The Balaban J connectivity index is 2.41. The summed E-state index contributed by atoms with van der Waals surface area (Å²) >= 11 is 5.17. The van der Waals surface area contributed by atoms with E-state index in [4.69, 9.17) is 12.2 Å². The Morgan fingerprint density at radius 2 is 2.36 bits per heavy atom. The predicted octanol–water partition coefficient (Wildman–Crippen LogP) is 2.27. The topological polar surface area (TPSA) is 49.4 Å². The Labute approximate surface area is 87.0 Å². The van der Waals surface area contributed by atoms with Gasteiger partial charge in [-0.05, 0) is 18.6 Å². The molecule has 0 aliphatic carbocycles. The fourth-order valence-electron chi connectivity index (χ4n) is 1.56. The molecule has 2 N–H and O–H groups in total. The van der Waals surface area contributed by atoms with E-state index in [1.807, 2.05) is 23.2 Å². The van der Waals surface area contributed by atoms with E-state index in [0.29, 0.717) is 0 Å². The highest BCUT2D eigenvalue weighted by molar-refractivity contribution is 7.71. The van der Waals surface area contributed by atoms with Crippen LogP contribution in [-0.4, -0.2) is 19.5 Å². The summed E-state index contributed by atoms with van der Waals surface area (Å²) in [6, 6.07) is 0.198. The van der Waals surface area contributed by atoms with E-state index in [1.165, 1.54) is 0 Å². The van der Waals surface area contributed by atoms with Crippen molar-refractivity contribution in [3.05, 3.63) is 35.4 Å². The second-order valence-corrected chi connectivity index (χ2v) is 3.46. The first kappa shape index (κ1) is 9.21. The molecule has 0 spiro atoms. The molecule has 2 aromatic rings. The molecular weight excluding hydrogens is 196 g/mol. The summed E-state index contributed by atoms with van der Waals surface area (Å²) in [5, 5.41) is 0. The summed E-state index contributed by atoms with van der Waals surface area (Å²) < 4.78 is 2.74. The maximum atomic E-state index is 5.17. The molecular formula is C9H12N4S. The standard InChI is InChI=1S/C9H12N4S/c1-2-7(8-10-3-4-11-8)13-6-5-12-9(13)14/h3-7H,2H2,1H3,(H,10,11)(H,12,14). The highest BCUT2D eigenvalue weighted by Crippen LogP contribution is 2.17. The first-order valence-corrected chi connectivity index (χ1v) is 4.98.